The van der Waals surface area contributed by atoms with E-state index in [-0.39, 0.29) is 5.12 Å². The molecule has 1 rings (SSSR count). The highest BCUT2D eigenvalue weighted by Gasteiger charge is 2.16. The third kappa shape index (κ3) is 6.86. The van der Waals surface area contributed by atoms with Crippen LogP contribution in [0.3, 0.4) is 0 Å². The number of anilines is 1. The Labute approximate surface area is 117 Å². The second kappa shape index (κ2) is 6.61. The predicted molar refractivity (Wildman–Crippen MR) is 78.3 cm³/mol. The van der Waals surface area contributed by atoms with E-state index in [9.17, 15) is 9.59 Å². The van der Waals surface area contributed by atoms with Gasteiger partial charge in [-0.05, 0) is 38.5 Å². The average Bonchev–Trinajstić information content (AvgIpc) is 2.24. The third-order valence-electron chi connectivity index (χ3n) is 2.01. The van der Waals surface area contributed by atoms with Gasteiger partial charge in [-0.3, -0.25) is 10.1 Å². The zero-order valence-electron chi connectivity index (χ0n) is 11.6. The molecule has 0 bridgehead atoms. The summed E-state index contributed by atoms with van der Waals surface area (Å²) >= 11 is 1.24. The van der Waals surface area contributed by atoms with Gasteiger partial charge in [-0.1, -0.05) is 23.9 Å². The molecule has 4 nitrogen and oxygen atoms in total. The summed E-state index contributed by atoms with van der Waals surface area (Å²) in [5.41, 5.74) is 1.12. The van der Waals surface area contributed by atoms with Crippen molar-refractivity contribution in [1.82, 2.24) is 0 Å². The van der Waals surface area contributed by atoms with Crippen molar-refractivity contribution < 1.29 is 14.3 Å². The number of thioether (sulfide) groups is 1. The number of carbonyl (C=O) groups excluding carboxylic acids is 2. The molecule has 5 heteroatoms. The minimum Gasteiger partial charge on any atom is -0.444 e. The van der Waals surface area contributed by atoms with Crippen LogP contribution in [0.2, 0.25) is 0 Å². The quantitative estimate of drug-likeness (QED) is 0.915. The Morgan fingerprint density at radius 2 is 2.00 bits per heavy atom. The van der Waals surface area contributed by atoms with E-state index in [1.807, 2.05) is 39.0 Å². The number of hydrogen-bond acceptors (Lipinski definition) is 4. The molecule has 0 spiro atoms. The van der Waals surface area contributed by atoms with Crippen LogP contribution in [0.1, 0.15) is 33.3 Å². The number of rotatable bonds is 3. The van der Waals surface area contributed by atoms with Gasteiger partial charge >= 0.3 is 6.09 Å². The Kier molecular flexibility index (Phi) is 5.42. The van der Waals surface area contributed by atoms with Gasteiger partial charge in [0.15, 0.2) is 5.12 Å². The van der Waals surface area contributed by atoms with E-state index in [0.29, 0.717) is 11.4 Å². The van der Waals surface area contributed by atoms with Crippen molar-refractivity contribution >= 4 is 28.7 Å². The molecule has 0 saturated heterocycles. The van der Waals surface area contributed by atoms with Crippen LogP contribution in [0, 0.1) is 0 Å². The average molecular weight is 281 g/mol. The van der Waals surface area contributed by atoms with Gasteiger partial charge in [0.05, 0.1) is 0 Å². The van der Waals surface area contributed by atoms with Crippen LogP contribution in [0.25, 0.3) is 0 Å². The minimum absolute atomic E-state index is 0.0745. The summed E-state index contributed by atoms with van der Waals surface area (Å²) < 4.78 is 5.17. The molecule has 0 radical (unpaired) electrons. The first kappa shape index (κ1) is 15.6. The summed E-state index contributed by atoms with van der Waals surface area (Å²) in [5, 5.41) is 2.75. The van der Waals surface area contributed by atoms with Gasteiger partial charge in [-0.2, -0.15) is 0 Å². The smallest absolute Gasteiger partial charge is 0.412 e. The van der Waals surface area contributed by atoms with Gasteiger partial charge in [-0.25, -0.2) is 4.79 Å². The van der Waals surface area contributed by atoms with E-state index in [1.54, 1.807) is 6.07 Å². The van der Waals surface area contributed by atoms with Gasteiger partial charge < -0.3 is 4.74 Å². The largest absolute Gasteiger partial charge is 0.444 e. The van der Waals surface area contributed by atoms with E-state index >= 15 is 0 Å². The molecule has 0 aliphatic carbocycles. The molecular formula is C14H19NO3S. The van der Waals surface area contributed by atoms with Crippen molar-refractivity contribution in [1.29, 1.82) is 0 Å². The SMILES string of the molecule is CC(=O)SCc1cccc(NC(=O)OC(C)(C)C)c1. The highest BCUT2D eigenvalue weighted by atomic mass is 32.2. The number of ether oxygens (including phenoxy) is 1. The molecule has 0 saturated carbocycles. The lowest BCUT2D eigenvalue weighted by molar-refractivity contribution is -0.109. The Morgan fingerprint density at radius 1 is 1.32 bits per heavy atom. The molecule has 0 aliphatic rings. The van der Waals surface area contributed by atoms with Gasteiger partial charge in [0.2, 0.25) is 0 Å². The highest BCUT2D eigenvalue weighted by molar-refractivity contribution is 8.12. The normalized spacial score (nSPS) is 10.9. The molecule has 19 heavy (non-hydrogen) atoms. The van der Waals surface area contributed by atoms with E-state index in [4.69, 9.17) is 4.74 Å². The molecule has 0 unspecified atom stereocenters. The fourth-order valence-corrected chi connectivity index (χ4v) is 1.89. The molecule has 104 valence electrons. The Balaban J connectivity index is 2.61. The lowest BCUT2D eigenvalue weighted by atomic mass is 10.2. The minimum atomic E-state index is -0.522. The summed E-state index contributed by atoms with van der Waals surface area (Å²) in [6.07, 6.45) is -0.483. The summed E-state index contributed by atoms with van der Waals surface area (Å²) in [4.78, 5) is 22.5. The predicted octanol–water partition coefficient (Wildman–Crippen LogP) is 3.81. The molecule has 1 aromatic carbocycles. The van der Waals surface area contributed by atoms with E-state index < -0.39 is 11.7 Å². The van der Waals surface area contributed by atoms with Crippen LogP contribution >= 0.6 is 11.8 Å². The first-order valence-electron chi connectivity index (χ1n) is 5.98. The zero-order valence-corrected chi connectivity index (χ0v) is 12.5. The fraction of sp³-hybridized carbons (Fsp3) is 0.429. The summed E-state index contributed by atoms with van der Waals surface area (Å²) in [7, 11) is 0. The van der Waals surface area contributed by atoms with Crippen LogP contribution in [-0.2, 0) is 15.3 Å². The number of nitrogens with one attached hydrogen (secondary N) is 1. The summed E-state index contributed by atoms with van der Waals surface area (Å²) in [6, 6.07) is 7.37. The van der Waals surface area contributed by atoms with Crippen molar-refractivity contribution in [3.8, 4) is 0 Å². The Bertz CT molecular complexity index is 466. The molecule has 1 aromatic rings. The third-order valence-corrected chi connectivity index (χ3v) is 2.90. The molecule has 0 heterocycles. The second-order valence-electron chi connectivity index (χ2n) is 5.11. The van der Waals surface area contributed by atoms with Crippen molar-refractivity contribution in [2.45, 2.75) is 39.0 Å². The van der Waals surface area contributed by atoms with Crippen LogP contribution in [0.5, 0.6) is 0 Å². The maximum Gasteiger partial charge on any atom is 0.412 e. The number of carbonyl (C=O) groups is 2. The molecule has 0 atom stereocenters. The first-order chi connectivity index (χ1) is 8.76. The second-order valence-corrected chi connectivity index (χ2v) is 6.26. The van der Waals surface area contributed by atoms with E-state index in [0.717, 1.165) is 5.56 Å². The molecule has 1 amide bonds. The number of benzene rings is 1. The molecule has 0 aliphatic heterocycles. The lowest BCUT2D eigenvalue weighted by Crippen LogP contribution is -2.27. The van der Waals surface area contributed by atoms with Crippen LogP contribution in [-0.4, -0.2) is 16.8 Å². The van der Waals surface area contributed by atoms with E-state index in [2.05, 4.69) is 5.32 Å². The maximum absolute atomic E-state index is 11.6. The van der Waals surface area contributed by atoms with E-state index in [1.165, 1.54) is 18.7 Å². The number of hydrogen-bond donors (Lipinski definition) is 1. The van der Waals surface area contributed by atoms with Crippen molar-refractivity contribution in [3.63, 3.8) is 0 Å². The highest BCUT2D eigenvalue weighted by Crippen LogP contribution is 2.18. The maximum atomic E-state index is 11.6. The van der Waals surface area contributed by atoms with Crippen molar-refractivity contribution in [3.05, 3.63) is 29.8 Å². The van der Waals surface area contributed by atoms with Gasteiger partial charge in [-0.15, -0.1) is 0 Å². The van der Waals surface area contributed by atoms with Gasteiger partial charge in [0.25, 0.3) is 0 Å². The van der Waals surface area contributed by atoms with Crippen LogP contribution < -0.4 is 5.32 Å². The molecular weight excluding hydrogens is 262 g/mol. The van der Waals surface area contributed by atoms with Crippen LogP contribution in [0.4, 0.5) is 10.5 Å². The lowest BCUT2D eigenvalue weighted by Gasteiger charge is -2.19. The molecule has 0 fully saturated rings. The summed E-state index contributed by atoms with van der Waals surface area (Å²) in [5.74, 6) is 0.596. The van der Waals surface area contributed by atoms with Gasteiger partial charge in [0.1, 0.15) is 5.60 Å². The summed E-state index contributed by atoms with van der Waals surface area (Å²) in [6.45, 7) is 6.97. The zero-order chi connectivity index (χ0) is 14.5. The fourth-order valence-electron chi connectivity index (χ4n) is 1.35. The van der Waals surface area contributed by atoms with Crippen LogP contribution in [0.15, 0.2) is 24.3 Å². The number of amides is 1. The molecule has 0 aromatic heterocycles. The topological polar surface area (TPSA) is 55.4 Å². The first-order valence-corrected chi connectivity index (χ1v) is 6.97. The Morgan fingerprint density at radius 3 is 2.58 bits per heavy atom. The van der Waals surface area contributed by atoms with Crippen molar-refractivity contribution in [2.75, 3.05) is 5.32 Å². The molecule has 1 N–H and O–H groups in total. The monoisotopic (exact) mass is 281 g/mol. The van der Waals surface area contributed by atoms with Gasteiger partial charge in [0, 0.05) is 18.4 Å². The Hall–Kier alpha value is -1.49. The standard InChI is InChI=1S/C14H19NO3S/c1-10(16)19-9-11-6-5-7-12(8-11)15-13(17)18-14(2,3)4/h5-8H,9H2,1-4H3,(H,15,17). The van der Waals surface area contributed by atoms with Crippen molar-refractivity contribution in [2.24, 2.45) is 0 Å².